The van der Waals surface area contributed by atoms with E-state index in [2.05, 4.69) is 0 Å². The van der Waals surface area contributed by atoms with Crippen LogP contribution in [-0.4, -0.2) is 61.2 Å². The van der Waals surface area contributed by atoms with E-state index in [9.17, 15) is 18.1 Å². The minimum absolute atomic E-state index is 0. The molecule has 1 atom stereocenters. The SMILES string of the molecule is CN(CC(O)COCCCl)S(=O)(=O)[O-].[K+]. The van der Waals surface area contributed by atoms with Crippen molar-refractivity contribution < 1.29 is 74.2 Å². The third-order valence-electron chi connectivity index (χ3n) is 1.38. The first kappa shape index (κ1) is 19.1. The van der Waals surface area contributed by atoms with Gasteiger partial charge in [0.25, 0.3) is 0 Å². The predicted octanol–water partition coefficient (Wildman–Crippen LogP) is -4.00. The second-order valence-electron chi connectivity index (χ2n) is 2.66. The van der Waals surface area contributed by atoms with Gasteiger partial charge in [0.2, 0.25) is 0 Å². The van der Waals surface area contributed by atoms with Crippen molar-refractivity contribution in [3.8, 4) is 0 Å². The Kier molecular flexibility index (Phi) is 12.3. The number of nitrogens with zero attached hydrogens (tertiary/aromatic N) is 1. The average molecular weight is 286 g/mol. The molecule has 0 aromatic rings. The third kappa shape index (κ3) is 10.6. The maximum absolute atomic E-state index is 10.4. The number of aliphatic hydroxyl groups excluding tert-OH is 1. The van der Waals surface area contributed by atoms with E-state index in [1.165, 1.54) is 0 Å². The van der Waals surface area contributed by atoms with Gasteiger partial charge in [0.05, 0.1) is 19.3 Å². The van der Waals surface area contributed by atoms with E-state index in [-0.39, 0.29) is 71.1 Å². The van der Waals surface area contributed by atoms with Crippen molar-refractivity contribution in [2.45, 2.75) is 6.10 Å². The van der Waals surface area contributed by atoms with Gasteiger partial charge in [-0.1, -0.05) is 0 Å². The summed E-state index contributed by atoms with van der Waals surface area (Å²) in [6.07, 6.45) is -1.02. The first-order valence-corrected chi connectivity index (χ1v) is 5.76. The van der Waals surface area contributed by atoms with E-state index in [1.807, 2.05) is 0 Å². The van der Waals surface area contributed by atoms with Gasteiger partial charge in [-0.15, -0.1) is 11.6 Å². The molecule has 0 spiro atoms. The molecule has 86 valence electrons. The predicted molar refractivity (Wildman–Crippen MR) is 49.9 cm³/mol. The van der Waals surface area contributed by atoms with Gasteiger partial charge in [-0.25, -0.2) is 12.7 Å². The molecule has 1 unspecified atom stereocenters. The second kappa shape index (κ2) is 9.72. The molecule has 0 saturated heterocycles. The topological polar surface area (TPSA) is 89.9 Å². The molecule has 0 fully saturated rings. The molecule has 0 amide bonds. The Morgan fingerprint density at radius 2 is 2.13 bits per heavy atom. The van der Waals surface area contributed by atoms with Crippen molar-refractivity contribution in [1.82, 2.24) is 4.31 Å². The summed E-state index contributed by atoms with van der Waals surface area (Å²) in [5.74, 6) is 0.294. The van der Waals surface area contributed by atoms with Gasteiger partial charge < -0.3 is 14.4 Å². The van der Waals surface area contributed by atoms with E-state index in [4.69, 9.17) is 16.3 Å². The third-order valence-corrected chi connectivity index (χ3v) is 2.45. The van der Waals surface area contributed by atoms with Crippen molar-refractivity contribution in [3.05, 3.63) is 0 Å². The monoisotopic (exact) mass is 285 g/mol. The minimum atomic E-state index is -4.49. The summed E-state index contributed by atoms with van der Waals surface area (Å²) >= 11 is 5.30. The fourth-order valence-electron chi connectivity index (χ4n) is 0.715. The van der Waals surface area contributed by atoms with Crippen LogP contribution in [0.5, 0.6) is 0 Å². The smallest absolute Gasteiger partial charge is 0.735 e. The Balaban J connectivity index is 0. The van der Waals surface area contributed by atoms with Crippen molar-refractivity contribution in [1.29, 1.82) is 0 Å². The van der Waals surface area contributed by atoms with Crippen LogP contribution < -0.4 is 51.4 Å². The van der Waals surface area contributed by atoms with Crippen LogP contribution in [0.25, 0.3) is 0 Å². The number of aliphatic hydroxyl groups is 1. The van der Waals surface area contributed by atoms with Crippen LogP contribution in [-0.2, 0) is 15.0 Å². The molecule has 0 aliphatic carbocycles. The standard InChI is InChI=1S/C6H14ClNO5S.K/c1-8(14(10,11)12)4-6(9)5-13-3-2-7;/h6,9H,2-5H2,1H3,(H,10,11,12);/q;+1/p-1. The van der Waals surface area contributed by atoms with Crippen LogP contribution in [0, 0.1) is 0 Å². The molecule has 0 bridgehead atoms. The van der Waals surface area contributed by atoms with Crippen LogP contribution in [0.1, 0.15) is 0 Å². The first-order valence-electron chi connectivity index (χ1n) is 3.87. The number of rotatable bonds is 7. The largest absolute Gasteiger partial charge is 1.00 e. The minimum Gasteiger partial charge on any atom is -0.735 e. The molecule has 0 radical (unpaired) electrons. The number of ether oxygens (including phenoxy) is 1. The number of alkyl halides is 1. The summed E-state index contributed by atoms with van der Waals surface area (Å²) in [6, 6.07) is 0. The molecule has 0 rings (SSSR count). The number of likely N-dealkylation sites (N-methyl/N-ethyl adjacent to an activating group) is 1. The maximum Gasteiger partial charge on any atom is 1.00 e. The second-order valence-corrected chi connectivity index (χ2v) is 4.51. The van der Waals surface area contributed by atoms with E-state index < -0.39 is 16.4 Å². The van der Waals surface area contributed by atoms with Crippen LogP contribution in [0.4, 0.5) is 0 Å². The Labute approximate surface area is 137 Å². The Morgan fingerprint density at radius 3 is 2.53 bits per heavy atom. The normalized spacial score (nSPS) is 13.7. The van der Waals surface area contributed by atoms with Crippen molar-refractivity contribution in [2.24, 2.45) is 0 Å². The Hall–Kier alpha value is 1.72. The molecule has 1 N–H and O–H groups in total. The van der Waals surface area contributed by atoms with Crippen LogP contribution >= 0.6 is 11.6 Å². The summed E-state index contributed by atoms with van der Waals surface area (Å²) in [4.78, 5) is 0. The summed E-state index contributed by atoms with van der Waals surface area (Å²) in [5.41, 5.74) is 0. The van der Waals surface area contributed by atoms with E-state index in [1.54, 1.807) is 0 Å². The Morgan fingerprint density at radius 1 is 1.60 bits per heavy atom. The summed E-state index contributed by atoms with van der Waals surface area (Å²) in [7, 11) is -3.40. The van der Waals surface area contributed by atoms with Gasteiger partial charge in [0, 0.05) is 19.5 Å². The van der Waals surface area contributed by atoms with Crippen molar-refractivity contribution >= 4 is 21.9 Å². The zero-order valence-corrected chi connectivity index (χ0v) is 13.4. The van der Waals surface area contributed by atoms with Crippen LogP contribution in [0.15, 0.2) is 0 Å². The quantitative estimate of drug-likeness (QED) is 0.223. The van der Waals surface area contributed by atoms with E-state index >= 15 is 0 Å². The van der Waals surface area contributed by atoms with Crippen LogP contribution in [0.3, 0.4) is 0 Å². The molecule has 0 heterocycles. The molecule has 0 saturated carbocycles. The molecule has 9 heteroatoms. The molecule has 6 nitrogen and oxygen atoms in total. The molecular formula is C6H13ClKNO5S. The van der Waals surface area contributed by atoms with Crippen molar-refractivity contribution in [3.63, 3.8) is 0 Å². The fraction of sp³-hybridized carbons (Fsp3) is 1.00. The molecule has 0 aliphatic heterocycles. The van der Waals surface area contributed by atoms with E-state index in [0.29, 0.717) is 10.2 Å². The van der Waals surface area contributed by atoms with Gasteiger partial charge in [0.15, 0.2) is 10.3 Å². The molecule has 15 heavy (non-hydrogen) atoms. The number of hydrogen-bond acceptors (Lipinski definition) is 5. The molecule has 0 aromatic heterocycles. The summed E-state index contributed by atoms with van der Waals surface area (Å²) in [5, 5.41) is 9.20. The zero-order chi connectivity index (χ0) is 11.2. The van der Waals surface area contributed by atoms with E-state index in [0.717, 1.165) is 7.05 Å². The van der Waals surface area contributed by atoms with Gasteiger partial charge in [0.1, 0.15) is 0 Å². The summed E-state index contributed by atoms with van der Waals surface area (Å²) in [6.45, 7) is -0.0623. The maximum atomic E-state index is 10.4. The average Bonchev–Trinajstić information content (AvgIpc) is 2.03. The van der Waals surface area contributed by atoms with Gasteiger partial charge in [-0.3, -0.25) is 0 Å². The zero-order valence-electron chi connectivity index (χ0n) is 8.72. The summed E-state index contributed by atoms with van der Waals surface area (Å²) < 4.78 is 36.6. The van der Waals surface area contributed by atoms with Crippen LogP contribution in [0.2, 0.25) is 0 Å². The molecule has 0 aliphatic rings. The number of hydrogen-bond donors (Lipinski definition) is 1. The molecule has 0 aromatic carbocycles. The van der Waals surface area contributed by atoms with Gasteiger partial charge in [-0.05, 0) is 0 Å². The fourth-order valence-corrected chi connectivity index (χ4v) is 1.18. The first-order chi connectivity index (χ1) is 6.38. The van der Waals surface area contributed by atoms with Crippen molar-refractivity contribution in [2.75, 3.05) is 32.7 Å². The number of halogens is 1. The molecular weight excluding hydrogens is 273 g/mol. The Bertz CT molecular complexity index is 250. The van der Waals surface area contributed by atoms with Gasteiger partial charge >= 0.3 is 51.4 Å². The van der Waals surface area contributed by atoms with Gasteiger partial charge in [-0.2, -0.15) is 0 Å².